The molecular weight excluding hydrogens is 505 g/mol. The number of sulfonamides is 1. The van der Waals surface area contributed by atoms with E-state index in [2.05, 4.69) is 5.32 Å². The summed E-state index contributed by atoms with van der Waals surface area (Å²) in [4.78, 5) is 28.2. The Labute approximate surface area is 224 Å². The molecule has 3 rings (SSSR count). The minimum atomic E-state index is -4.12. The van der Waals surface area contributed by atoms with E-state index in [0.717, 1.165) is 9.87 Å². The summed E-state index contributed by atoms with van der Waals surface area (Å²) < 4.78 is 42.3. The molecule has 0 aliphatic rings. The van der Waals surface area contributed by atoms with Gasteiger partial charge in [-0.2, -0.15) is 0 Å². The maximum absolute atomic E-state index is 13.9. The first kappa shape index (κ1) is 28.8. The summed E-state index contributed by atoms with van der Waals surface area (Å²) in [6.07, 6.45) is 0.553. The zero-order valence-electron chi connectivity index (χ0n) is 22.1. The van der Waals surface area contributed by atoms with E-state index in [-0.39, 0.29) is 23.4 Å². The average Bonchev–Trinajstić information content (AvgIpc) is 2.90. The number of carbonyl (C=O) groups excluding carboxylic acids is 2. The van der Waals surface area contributed by atoms with Crippen molar-refractivity contribution in [2.24, 2.45) is 0 Å². The molecule has 7 nitrogen and oxygen atoms in total. The van der Waals surface area contributed by atoms with Gasteiger partial charge in [-0.15, -0.1) is 0 Å². The van der Waals surface area contributed by atoms with Gasteiger partial charge in [-0.05, 0) is 68.7 Å². The number of hydrogen-bond donors (Lipinski definition) is 1. The molecule has 38 heavy (non-hydrogen) atoms. The van der Waals surface area contributed by atoms with Crippen molar-refractivity contribution in [2.75, 3.05) is 10.8 Å². The van der Waals surface area contributed by atoms with E-state index in [0.29, 0.717) is 17.7 Å². The summed E-state index contributed by atoms with van der Waals surface area (Å²) in [5, 5.41) is 2.81. The van der Waals surface area contributed by atoms with Gasteiger partial charge in [0.25, 0.3) is 10.0 Å². The van der Waals surface area contributed by atoms with Gasteiger partial charge in [-0.3, -0.25) is 13.9 Å². The largest absolute Gasteiger partial charge is 0.352 e. The molecule has 3 aromatic carbocycles. The summed E-state index contributed by atoms with van der Waals surface area (Å²) in [6, 6.07) is 19.5. The van der Waals surface area contributed by atoms with Crippen molar-refractivity contribution in [3.8, 4) is 0 Å². The van der Waals surface area contributed by atoms with Gasteiger partial charge in [0.05, 0.1) is 10.6 Å². The first-order valence-corrected chi connectivity index (χ1v) is 14.0. The summed E-state index contributed by atoms with van der Waals surface area (Å²) in [7, 11) is -4.12. The van der Waals surface area contributed by atoms with Crippen molar-refractivity contribution in [1.82, 2.24) is 10.2 Å². The number of carbonyl (C=O) groups is 2. The Balaban J connectivity index is 2.05. The summed E-state index contributed by atoms with van der Waals surface area (Å²) in [5.74, 6) is -1.36. The van der Waals surface area contributed by atoms with Crippen molar-refractivity contribution in [1.29, 1.82) is 0 Å². The zero-order valence-corrected chi connectivity index (χ0v) is 22.9. The second kappa shape index (κ2) is 12.7. The van der Waals surface area contributed by atoms with Crippen molar-refractivity contribution in [2.45, 2.75) is 57.6 Å². The Morgan fingerprint density at radius 2 is 1.50 bits per heavy atom. The molecule has 0 aliphatic heterocycles. The number of nitrogens with zero attached hydrogens (tertiary/aromatic N) is 2. The van der Waals surface area contributed by atoms with Crippen LogP contribution in [0.2, 0.25) is 0 Å². The highest BCUT2D eigenvalue weighted by atomic mass is 32.2. The number of hydrogen-bond acceptors (Lipinski definition) is 4. The lowest BCUT2D eigenvalue weighted by Gasteiger charge is -2.33. The molecule has 0 aromatic heterocycles. The zero-order chi connectivity index (χ0) is 27.9. The van der Waals surface area contributed by atoms with Crippen LogP contribution in [0.3, 0.4) is 0 Å². The highest BCUT2D eigenvalue weighted by molar-refractivity contribution is 7.92. The standard InChI is InChI=1S/C29H34FN3O4S/c1-5-24-11-9-10-14-27(24)33(38(36,37)26-12-7-6-8-13-26)20-28(34)32(22(4)29(35)31-21(2)3)19-23-15-17-25(30)18-16-23/h6-18,21-22H,5,19-20H2,1-4H3,(H,31,35)/t22-/m0/s1. The van der Waals surface area contributed by atoms with Crippen LogP contribution in [-0.4, -0.2) is 43.8 Å². The van der Waals surface area contributed by atoms with E-state index in [4.69, 9.17) is 0 Å². The smallest absolute Gasteiger partial charge is 0.264 e. The third-order valence-electron chi connectivity index (χ3n) is 6.12. The molecule has 1 N–H and O–H groups in total. The van der Waals surface area contributed by atoms with Crippen LogP contribution >= 0.6 is 0 Å². The second-order valence-electron chi connectivity index (χ2n) is 9.29. The highest BCUT2D eigenvalue weighted by Gasteiger charge is 2.33. The number of aryl methyl sites for hydroxylation is 1. The van der Waals surface area contributed by atoms with Crippen LogP contribution in [0.4, 0.5) is 10.1 Å². The van der Waals surface area contributed by atoms with Crippen molar-refractivity contribution < 1.29 is 22.4 Å². The molecule has 0 fully saturated rings. The fourth-order valence-corrected chi connectivity index (χ4v) is 5.53. The molecule has 1 atom stereocenters. The number of nitrogens with one attached hydrogen (secondary N) is 1. The molecule has 0 saturated carbocycles. The van der Waals surface area contributed by atoms with E-state index in [1.54, 1.807) is 37.3 Å². The maximum Gasteiger partial charge on any atom is 0.264 e. The van der Waals surface area contributed by atoms with Gasteiger partial charge in [0.1, 0.15) is 18.4 Å². The topological polar surface area (TPSA) is 86.8 Å². The van der Waals surface area contributed by atoms with Crippen LogP contribution < -0.4 is 9.62 Å². The fraction of sp³-hybridized carbons (Fsp3) is 0.310. The van der Waals surface area contributed by atoms with E-state index < -0.39 is 34.3 Å². The van der Waals surface area contributed by atoms with Crippen LogP contribution in [0.15, 0.2) is 83.8 Å². The predicted octanol–water partition coefficient (Wildman–Crippen LogP) is 4.53. The van der Waals surface area contributed by atoms with Gasteiger partial charge >= 0.3 is 0 Å². The minimum absolute atomic E-state index is 0.000441. The Morgan fingerprint density at radius 1 is 0.895 bits per heavy atom. The van der Waals surface area contributed by atoms with Crippen LogP contribution in [0.5, 0.6) is 0 Å². The quantitative estimate of drug-likeness (QED) is 0.388. The minimum Gasteiger partial charge on any atom is -0.352 e. The first-order chi connectivity index (χ1) is 18.0. The molecule has 3 aromatic rings. The Morgan fingerprint density at radius 3 is 2.11 bits per heavy atom. The third-order valence-corrected chi connectivity index (χ3v) is 7.89. The normalized spacial score (nSPS) is 12.2. The van der Waals surface area contributed by atoms with Crippen LogP contribution in [0.25, 0.3) is 0 Å². The number of benzene rings is 3. The summed E-state index contributed by atoms with van der Waals surface area (Å²) >= 11 is 0. The van der Waals surface area contributed by atoms with E-state index >= 15 is 0 Å². The molecule has 9 heteroatoms. The Kier molecular flexibility index (Phi) is 9.63. The molecule has 2 amide bonds. The lowest BCUT2D eigenvalue weighted by Crippen LogP contribution is -2.52. The Bertz CT molecular complexity index is 1350. The molecule has 202 valence electrons. The van der Waals surface area contributed by atoms with Crippen molar-refractivity contribution in [3.63, 3.8) is 0 Å². The van der Waals surface area contributed by atoms with Crippen molar-refractivity contribution in [3.05, 3.63) is 95.8 Å². The van der Waals surface area contributed by atoms with Gasteiger partial charge in [0.15, 0.2) is 0 Å². The van der Waals surface area contributed by atoms with E-state index in [1.165, 1.54) is 41.3 Å². The monoisotopic (exact) mass is 539 g/mol. The van der Waals surface area contributed by atoms with Crippen molar-refractivity contribution >= 4 is 27.5 Å². The highest BCUT2D eigenvalue weighted by Crippen LogP contribution is 2.28. The fourth-order valence-electron chi connectivity index (χ4n) is 4.06. The molecule has 0 spiro atoms. The molecule has 0 aliphatic carbocycles. The molecule has 0 saturated heterocycles. The summed E-state index contributed by atoms with van der Waals surface area (Å²) in [6.45, 7) is 6.61. The average molecular weight is 540 g/mol. The third kappa shape index (κ3) is 6.98. The second-order valence-corrected chi connectivity index (χ2v) is 11.2. The molecule has 0 unspecified atom stereocenters. The van der Waals surface area contributed by atoms with Gasteiger partial charge < -0.3 is 10.2 Å². The lowest BCUT2D eigenvalue weighted by atomic mass is 10.1. The van der Waals surface area contributed by atoms with E-state index in [9.17, 15) is 22.4 Å². The van der Waals surface area contributed by atoms with Crippen LogP contribution in [0, 0.1) is 5.82 Å². The van der Waals surface area contributed by atoms with Gasteiger partial charge in [0, 0.05) is 12.6 Å². The molecule has 0 radical (unpaired) electrons. The molecule has 0 heterocycles. The number of anilines is 1. The lowest BCUT2D eigenvalue weighted by molar-refractivity contribution is -0.139. The molecular formula is C29H34FN3O4S. The van der Waals surface area contributed by atoms with Crippen LogP contribution in [0.1, 0.15) is 38.8 Å². The van der Waals surface area contributed by atoms with Crippen LogP contribution in [-0.2, 0) is 32.6 Å². The summed E-state index contributed by atoms with van der Waals surface area (Å²) in [5.41, 5.74) is 1.76. The SMILES string of the molecule is CCc1ccccc1N(CC(=O)N(Cc1ccc(F)cc1)[C@@H](C)C(=O)NC(C)C)S(=O)(=O)c1ccccc1. The number of rotatable bonds is 11. The van der Waals surface area contributed by atoms with Gasteiger partial charge in [-0.25, -0.2) is 12.8 Å². The predicted molar refractivity (Wildman–Crippen MR) is 146 cm³/mol. The molecule has 0 bridgehead atoms. The van der Waals surface area contributed by atoms with Gasteiger partial charge in [-0.1, -0.05) is 55.5 Å². The van der Waals surface area contributed by atoms with E-state index in [1.807, 2.05) is 32.9 Å². The van der Waals surface area contributed by atoms with Gasteiger partial charge in [0.2, 0.25) is 11.8 Å². The maximum atomic E-state index is 13.9. The first-order valence-electron chi connectivity index (χ1n) is 12.5. The number of para-hydroxylation sites is 1. The number of halogens is 1. The number of amides is 2. The Hall–Kier alpha value is -3.72.